The molecule has 1 atom stereocenters. The number of rotatable bonds is 5. The Balaban J connectivity index is 2.44. The van der Waals surface area contributed by atoms with Gasteiger partial charge in [-0.05, 0) is 31.4 Å². The van der Waals surface area contributed by atoms with Gasteiger partial charge in [-0.3, -0.25) is 9.59 Å². The Kier molecular flexibility index (Phi) is 4.46. The maximum atomic E-state index is 12.5. The lowest BCUT2D eigenvalue weighted by atomic mass is 9.54. The van der Waals surface area contributed by atoms with Crippen molar-refractivity contribution < 1.29 is 19.1 Å². The first-order valence-corrected chi connectivity index (χ1v) is 7.16. The molecule has 112 valence electrons. The highest BCUT2D eigenvalue weighted by Crippen LogP contribution is 2.57. The van der Waals surface area contributed by atoms with Crippen LogP contribution in [0.5, 0.6) is 0 Å². The molecule has 4 heteroatoms. The molecule has 0 amide bonds. The average molecular weight is 288 g/mol. The van der Waals surface area contributed by atoms with E-state index in [0.717, 1.165) is 5.56 Å². The van der Waals surface area contributed by atoms with Crippen LogP contribution in [-0.2, 0) is 19.1 Å². The van der Waals surface area contributed by atoms with Crippen molar-refractivity contribution >= 4 is 11.9 Å². The summed E-state index contributed by atoms with van der Waals surface area (Å²) in [6.07, 6.45) is 0.585. The second-order valence-corrected chi connectivity index (χ2v) is 5.02. The number of esters is 2. The minimum Gasteiger partial charge on any atom is -0.465 e. The molecule has 0 N–H and O–H groups in total. The summed E-state index contributed by atoms with van der Waals surface area (Å²) in [4.78, 5) is 24.9. The van der Waals surface area contributed by atoms with E-state index >= 15 is 0 Å². The first-order chi connectivity index (χ1) is 10.1. The molecule has 0 heterocycles. The maximum absolute atomic E-state index is 12.5. The largest absolute Gasteiger partial charge is 0.465 e. The number of hydrogen-bond acceptors (Lipinski definition) is 4. The molecule has 21 heavy (non-hydrogen) atoms. The number of ether oxygens (including phenoxy) is 2. The van der Waals surface area contributed by atoms with E-state index in [-0.39, 0.29) is 19.1 Å². The molecule has 1 aliphatic carbocycles. The first kappa shape index (κ1) is 15.3. The van der Waals surface area contributed by atoms with Crippen molar-refractivity contribution in [3.05, 3.63) is 48.0 Å². The number of carbonyl (C=O) groups excluding carboxylic acids is 2. The summed E-state index contributed by atoms with van der Waals surface area (Å²) in [7, 11) is 0. The van der Waals surface area contributed by atoms with E-state index in [0.29, 0.717) is 12.0 Å². The molecule has 1 unspecified atom stereocenters. The van der Waals surface area contributed by atoms with E-state index in [9.17, 15) is 9.59 Å². The van der Waals surface area contributed by atoms with Gasteiger partial charge in [0.05, 0.1) is 13.2 Å². The molecule has 1 aliphatic rings. The normalized spacial score (nSPS) is 19.5. The number of hydrogen-bond donors (Lipinski definition) is 0. The topological polar surface area (TPSA) is 52.6 Å². The average Bonchev–Trinajstić information content (AvgIpc) is 2.46. The van der Waals surface area contributed by atoms with Crippen LogP contribution in [0.3, 0.4) is 0 Å². The van der Waals surface area contributed by atoms with Crippen LogP contribution in [0.4, 0.5) is 0 Å². The monoisotopic (exact) mass is 288 g/mol. The molecule has 0 aliphatic heterocycles. The summed E-state index contributed by atoms with van der Waals surface area (Å²) in [5.41, 5.74) is 0.0900. The van der Waals surface area contributed by atoms with E-state index in [1.165, 1.54) is 0 Å². The zero-order chi connectivity index (χ0) is 15.5. The van der Waals surface area contributed by atoms with Crippen molar-refractivity contribution in [2.75, 3.05) is 13.2 Å². The Morgan fingerprint density at radius 1 is 1.14 bits per heavy atom. The molecule has 1 aromatic carbocycles. The molecule has 1 aromatic rings. The summed E-state index contributed by atoms with van der Waals surface area (Å²) in [5.74, 6) is -1.40. The van der Waals surface area contributed by atoms with Crippen LogP contribution in [0.1, 0.15) is 31.7 Å². The van der Waals surface area contributed by atoms with Gasteiger partial charge in [-0.25, -0.2) is 0 Å². The molecule has 0 saturated heterocycles. The number of carbonyl (C=O) groups is 2. The molecule has 4 nitrogen and oxygen atoms in total. The van der Waals surface area contributed by atoms with Crippen molar-refractivity contribution in [2.24, 2.45) is 5.41 Å². The SMILES string of the molecule is C=C1CC(c2ccccc2)C1(C(=O)OCC)C(=O)OCC. The molecule has 0 spiro atoms. The Labute approximate surface area is 124 Å². The van der Waals surface area contributed by atoms with Crippen LogP contribution in [0.15, 0.2) is 42.5 Å². The van der Waals surface area contributed by atoms with Crippen molar-refractivity contribution in [1.29, 1.82) is 0 Å². The third kappa shape index (κ3) is 2.35. The fourth-order valence-corrected chi connectivity index (χ4v) is 2.88. The quantitative estimate of drug-likeness (QED) is 0.475. The molecule has 0 radical (unpaired) electrons. The van der Waals surface area contributed by atoms with E-state index in [1.54, 1.807) is 13.8 Å². The minimum absolute atomic E-state index is 0.217. The van der Waals surface area contributed by atoms with Gasteiger partial charge < -0.3 is 9.47 Å². The van der Waals surface area contributed by atoms with Crippen LogP contribution in [0.25, 0.3) is 0 Å². The van der Waals surface area contributed by atoms with Gasteiger partial charge in [0.25, 0.3) is 0 Å². The third-order valence-electron chi connectivity index (χ3n) is 3.93. The standard InChI is InChI=1S/C17H20O4/c1-4-20-15(18)17(16(19)21-5-2)12(3)11-14(17)13-9-7-6-8-10-13/h6-10,14H,3-5,11H2,1-2H3. The first-order valence-electron chi connectivity index (χ1n) is 7.16. The lowest BCUT2D eigenvalue weighted by Gasteiger charge is -2.47. The lowest BCUT2D eigenvalue weighted by Crippen LogP contribution is -2.54. The summed E-state index contributed by atoms with van der Waals surface area (Å²) >= 11 is 0. The minimum atomic E-state index is -1.40. The van der Waals surface area contributed by atoms with Gasteiger partial charge >= 0.3 is 11.9 Å². The van der Waals surface area contributed by atoms with Gasteiger partial charge in [0.1, 0.15) is 0 Å². The van der Waals surface area contributed by atoms with Gasteiger partial charge in [0, 0.05) is 5.92 Å². The van der Waals surface area contributed by atoms with Crippen molar-refractivity contribution in [3.63, 3.8) is 0 Å². The van der Waals surface area contributed by atoms with Crippen LogP contribution >= 0.6 is 0 Å². The summed E-state index contributed by atoms with van der Waals surface area (Å²) < 4.78 is 10.3. The van der Waals surface area contributed by atoms with Crippen LogP contribution in [-0.4, -0.2) is 25.2 Å². The van der Waals surface area contributed by atoms with Crippen molar-refractivity contribution in [2.45, 2.75) is 26.2 Å². The Hall–Kier alpha value is -2.10. The second-order valence-electron chi connectivity index (χ2n) is 5.02. The Morgan fingerprint density at radius 2 is 1.67 bits per heavy atom. The smallest absolute Gasteiger partial charge is 0.328 e. The fraction of sp³-hybridized carbons (Fsp3) is 0.412. The predicted molar refractivity (Wildman–Crippen MR) is 78.6 cm³/mol. The van der Waals surface area contributed by atoms with E-state index < -0.39 is 17.4 Å². The Bertz CT molecular complexity index is 529. The molecular weight excluding hydrogens is 268 g/mol. The second kappa shape index (κ2) is 6.12. The van der Waals surface area contributed by atoms with Crippen LogP contribution in [0.2, 0.25) is 0 Å². The molecule has 1 fully saturated rings. The van der Waals surface area contributed by atoms with Crippen LogP contribution in [0, 0.1) is 5.41 Å². The van der Waals surface area contributed by atoms with Crippen LogP contribution < -0.4 is 0 Å². The molecule has 1 saturated carbocycles. The highest BCUT2D eigenvalue weighted by atomic mass is 16.6. The fourth-order valence-electron chi connectivity index (χ4n) is 2.88. The number of benzene rings is 1. The van der Waals surface area contributed by atoms with Crippen molar-refractivity contribution in [1.82, 2.24) is 0 Å². The lowest BCUT2D eigenvalue weighted by molar-refractivity contribution is -0.174. The van der Waals surface area contributed by atoms with E-state index in [2.05, 4.69) is 6.58 Å². The molecular formula is C17H20O4. The summed E-state index contributed by atoms with van der Waals surface area (Å²) in [6, 6.07) is 9.48. The van der Waals surface area contributed by atoms with E-state index in [4.69, 9.17) is 9.47 Å². The molecule has 0 bridgehead atoms. The highest BCUT2D eigenvalue weighted by molar-refractivity contribution is 6.06. The van der Waals surface area contributed by atoms with Gasteiger partial charge in [-0.2, -0.15) is 0 Å². The van der Waals surface area contributed by atoms with Gasteiger partial charge in [-0.15, -0.1) is 0 Å². The van der Waals surface area contributed by atoms with Gasteiger partial charge in [0.2, 0.25) is 0 Å². The third-order valence-corrected chi connectivity index (χ3v) is 3.93. The summed E-state index contributed by atoms with van der Waals surface area (Å²) in [5, 5.41) is 0. The molecule has 2 rings (SSSR count). The zero-order valence-corrected chi connectivity index (χ0v) is 12.4. The van der Waals surface area contributed by atoms with Crippen molar-refractivity contribution in [3.8, 4) is 0 Å². The van der Waals surface area contributed by atoms with Gasteiger partial charge in [0.15, 0.2) is 5.41 Å². The molecule has 0 aromatic heterocycles. The highest BCUT2D eigenvalue weighted by Gasteiger charge is 2.64. The Morgan fingerprint density at radius 3 is 2.10 bits per heavy atom. The summed E-state index contributed by atoms with van der Waals surface area (Å²) in [6.45, 7) is 7.76. The van der Waals surface area contributed by atoms with Gasteiger partial charge in [-0.1, -0.05) is 36.9 Å². The van der Waals surface area contributed by atoms with E-state index in [1.807, 2.05) is 30.3 Å². The predicted octanol–water partition coefficient (Wildman–Crippen LogP) is 2.84. The maximum Gasteiger partial charge on any atom is 0.328 e. The zero-order valence-electron chi connectivity index (χ0n) is 12.4.